The molecule has 0 saturated carbocycles. The minimum absolute atomic E-state index is 0.0738. The van der Waals surface area contributed by atoms with Gasteiger partial charge in [-0.05, 0) is 24.3 Å². The van der Waals surface area contributed by atoms with Crippen LogP contribution in [0.5, 0.6) is 11.5 Å². The van der Waals surface area contributed by atoms with Gasteiger partial charge in [0.25, 0.3) is 10.0 Å². The molecular formula is C17H14FNO6S. The Bertz CT molecular complexity index is 1140. The van der Waals surface area contributed by atoms with E-state index in [0.29, 0.717) is 11.0 Å². The van der Waals surface area contributed by atoms with E-state index in [1.165, 1.54) is 44.6 Å². The molecule has 1 aromatic heterocycles. The van der Waals surface area contributed by atoms with Crippen molar-refractivity contribution >= 4 is 26.7 Å². The molecule has 2 aromatic carbocycles. The van der Waals surface area contributed by atoms with Gasteiger partial charge in [0, 0.05) is 29.3 Å². The van der Waals surface area contributed by atoms with E-state index in [1.807, 2.05) is 0 Å². The molecular weight excluding hydrogens is 365 g/mol. The van der Waals surface area contributed by atoms with Gasteiger partial charge in [0.1, 0.15) is 16.3 Å². The number of rotatable bonds is 5. The van der Waals surface area contributed by atoms with Gasteiger partial charge >= 0.3 is 5.63 Å². The minimum atomic E-state index is -4.23. The molecule has 0 saturated heterocycles. The number of anilines is 1. The van der Waals surface area contributed by atoms with Crippen LogP contribution in [0.2, 0.25) is 0 Å². The number of benzene rings is 2. The summed E-state index contributed by atoms with van der Waals surface area (Å²) in [5.74, 6) is -0.832. The molecule has 9 heteroatoms. The first-order valence-electron chi connectivity index (χ1n) is 7.32. The average Bonchev–Trinajstić information content (AvgIpc) is 2.61. The number of halogens is 1. The zero-order valence-electron chi connectivity index (χ0n) is 13.8. The van der Waals surface area contributed by atoms with E-state index >= 15 is 0 Å². The molecule has 0 atom stereocenters. The quantitative estimate of drug-likeness (QED) is 0.685. The Labute approximate surface area is 148 Å². The van der Waals surface area contributed by atoms with Gasteiger partial charge in [-0.25, -0.2) is 17.6 Å². The van der Waals surface area contributed by atoms with Gasteiger partial charge < -0.3 is 13.9 Å². The molecule has 0 fully saturated rings. The van der Waals surface area contributed by atoms with Crippen LogP contribution in [0.1, 0.15) is 0 Å². The summed E-state index contributed by atoms with van der Waals surface area (Å²) in [6.45, 7) is 0. The van der Waals surface area contributed by atoms with Crippen molar-refractivity contribution in [3.8, 4) is 11.5 Å². The van der Waals surface area contributed by atoms with Crippen molar-refractivity contribution in [2.45, 2.75) is 4.90 Å². The van der Waals surface area contributed by atoms with Crippen LogP contribution in [-0.4, -0.2) is 22.6 Å². The summed E-state index contributed by atoms with van der Waals surface area (Å²) in [5.41, 5.74) is -0.0310. The summed E-state index contributed by atoms with van der Waals surface area (Å²) in [7, 11) is -1.60. The van der Waals surface area contributed by atoms with E-state index in [-0.39, 0.29) is 17.2 Å². The Morgan fingerprint density at radius 3 is 2.38 bits per heavy atom. The number of fused-ring (bicyclic) bond motifs is 1. The maximum atomic E-state index is 14.2. The zero-order valence-corrected chi connectivity index (χ0v) is 14.6. The van der Waals surface area contributed by atoms with Crippen LogP contribution in [0.3, 0.4) is 0 Å². The molecule has 0 amide bonds. The Balaban J connectivity index is 2.01. The number of methoxy groups -OCH3 is 2. The Kier molecular flexibility index (Phi) is 4.56. The van der Waals surface area contributed by atoms with Gasteiger partial charge in [-0.15, -0.1) is 0 Å². The average molecular weight is 379 g/mol. The van der Waals surface area contributed by atoms with Gasteiger partial charge in [0.15, 0.2) is 11.5 Å². The standard InChI is InChI=1S/C17H14FNO6S/c1-23-14-8-12(18)16(9-15(14)24-2)26(21,22)19-11-4-5-13-10(7-11)3-6-17(20)25-13/h3-9,19H,1-2H3. The Hall–Kier alpha value is -3.07. The maximum absolute atomic E-state index is 14.2. The van der Waals surface area contributed by atoms with Crippen LogP contribution in [0.25, 0.3) is 11.0 Å². The highest BCUT2D eigenvalue weighted by atomic mass is 32.2. The number of nitrogens with one attached hydrogen (secondary N) is 1. The minimum Gasteiger partial charge on any atom is -0.493 e. The van der Waals surface area contributed by atoms with Crippen molar-refractivity contribution in [2.75, 3.05) is 18.9 Å². The molecule has 0 spiro atoms. The summed E-state index contributed by atoms with van der Waals surface area (Å²) >= 11 is 0. The van der Waals surface area contributed by atoms with Gasteiger partial charge in [-0.3, -0.25) is 4.72 Å². The number of hydrogen-bond donors (Lipinski definition) is 1. The zero-order chi connectivity index (χ0) is 18.9. The molecule has 136 valence electrons. The fourth-order valence-corrected chi connectivity index (χ4v) is 3.51. The lowest BCUT2D eigenvalue weighted by Gasteiger charge is -2.13. The summed E-state index contributed by atoms with van der Waals surface area (Å²) in [5, 5.41) is 0.512. The lowest BCUT2D eigenvalue weighted by Crippen LogP contribution is -2.15. The third kappa shape index (κ3) is 3.33. The second kappa shape index (κ2) is 6.68. The van der Waals surface area contributed by atoms with Crippen molar-refractivity contribution < 1.29 is 26.7 Å². The molecule has 1 N–H and O–H groups in total. The fraction of sp³-hybridized carbons (Fsp3) is 0.118. The van der Waals surface area contributed by atoms with Crippen LogP contribution in [0.15, 0.2) is 56.6 Å². The molecule has 3 aromatic rings. The van der Waals surface area contributed by atoms with E-state index in [9.17, 15) is 17.6 Å². The van der Waals surface area contributed by atoms with Crippen LogP contribution in [0.4, 0.5) is 10.1 Å². The first-order chi connectivity index (χ1) is 12.3. The smallest absolute Gasteiger partial charge is 0.336 e. The van der Waals surface area contributed by atoms with Gasteiger partial charge in [0.05, 0.1) is 14.2 Å². The molecule has 26 heavy (non-hydrogen) atoms. The largest absolute Gasteiger partial charge is 0.493 e. The SMILES string of the molecule is COc1cc(F)c(S(=O)(=O)Nc2ccc3oc(=O)ccc3c2)cc1OC. The highest BCUT2D eigenvalue weighted by Gasteiger charge is 2.23. The lowest BCUT2D eigenvalue weighted by atomic mass is 10.2. The second-order valence-corrected chi connectivity index (χ2v) is 6.90. The molecule has 0 aliphatic carbocycles. The van der Waals surface area contributed by atoms with Crippen LogP contribution in [0, 0.1) is 5.82 Å². The number of hydrogen-bond acceptors (Lipinski definition) is 6. The lowest BCUT2D eigenvalue weighted by molar-refractivity contribution is 0.350. The van der Waals surface area contributed by atoms with E-state index in [4.69, 9.17) is 13.9 Å². The van der Waals surface area contributed by atoms with Gasteiger partial charge in [-0.2, -0.15) is 0 Å². The van der Waals surface area contributed by atoms with Gasteiger partial charge in [0.2, 0.25) is 0 Å². The van der Waals surface area contributed by atoms with Crippen LogP contribution < -0.4 is 19.8 Å². The van der Waals surface area contributed by atoms with E-state index < -0.39 is 26.4 Å². The summed E-state index contributed by atoms with van der Waals surface area (Å²) in [6, 6.07) is 9.00. The third-order valence-corrected chi connectivity index (χ3v) is 5.00. The first-order valence-corrected chi connectivity index (χ1v) is 8.80. The van der Waals surface area contributed by atoms with Gasteiger partial charge in [-0.1, -0.05) is 0 Å². The van der Waals surface area contributed by atoms with Crippen LogP contribution in [-0.2, 0) is 10.0 Å². The monoisotopic (exact) mass is 379 g/mol. The molecule has 3 rings (SSSR count). The molecule has 0 unspecified atom stereocenters. The van der Waals surface area contributed by atoms with Crippen molar-refractivity contribution in [3.05, 3.63) is 58.7 Å². The number of ether oxygens (including phenoxy) is 2. The third-order valence-electron chi connectivity index (χ3n) is 3.60. The highest BCUT2D eigenvalue weighted by molar-refractivity contribution is 7.92. The Morgan fingerprint density at radius 1 is 1.00 bits per heavy atom. The number of sulfonamides is 1. The fourth-order valence-electron chi connectivity index (χ4n) is 2.39. The van der Waals surface area contributed by atoms with Crippen molar-refractivity contribution in [1.82, 2.24) is 0 Å². The molecule has 1 heterocycles. The Morgan fingerprint density at radius 2 is 1.69 bits per heavy atom. The van der Waals surface area contributed by atoms with Crippen molar-refractivity contribution in [2.24, 2.45) is 0 Å². The second-order valence-electron chi connectivity index (χ2n) is 5.25. The predicted molar refractivity (Wildman–Crippen MR) is 92.8 cm³/mol. The summed E-state index contributed by atoms with van der Waals surface area (Å²) < 4.78 is 56.6. The van der Waals surface area contributed by atoms with Crippen molar-refractivity contribution in [1.29, 1.82) is 0 Å². The maximum Gasteiger partial charge on any atom is 0.336 e. The normalized spacial score (nSPS) is 11.3. The molecule has 7 nitrogen and oxygen atoms in total. The topological polar surface area (TPSA) is 94.8 Å². The van der Waals surface area contributed by atoms with E-state index in [0.717, 1.165) is 12.1 Å². The van der Waals surface area contributed by atoms with E-state index in [2.05, 4.69) is 4.72 Å². The molecule has 0 bridgehead atoms. The molecule has 0 radical (unpaired) electrons. The summed E-state index contributed by atoms with van der Waals surface area (Å²) in [4.78, 5) is 10.6. The predicted octanol–water partition coefficient (Wildman–Crippen LogP) is 2.75. The van der Waals surface area contributed by atoms with Crippen LogP contribution >= 0.6 is 0 Å². The molecule has 0 aliphatic rings. The molecule has 0 aliphatic heterocycles. The summed E-state index contributed by atoms with van der Waals surface area (Å²) in [6.07, 6.45) is 0. The highest BCUT2D eigenvalue weighted by Crippen LogP contribution is 2.32. The first kappa shape index (κ1) is 17.7. The van der Waals surface area contributed by atoms with E-state index in [1.54, 1.807) is 0 Å². The van der Waals surface area contributed by atoms with Crippen molar-refractivity contribution in [3.63, 3.8) is 0 Å².